The van der Waals surface area contributed by atoms with Gasteiger partial charge >= 0.3 is 0 Å². The summed E-state index contributed by atoms with van der Waals surface area (Å²) < 4.78 is 1.98. The van der Waals surface area contributed by atoms with Gasteiger partial charge in [0, 0.05) is 29.9 Å². The molecule has 2 N–H and O–H groups in total. The standard InChI is InChI=1S/C26H26N4O2S/c1-18-23(19(2)30(29-18)17-21-7-4-3-5-8-21)16-28-25(31)22-12-10-20(11-13-22)15-27-26(32)24-9-6-14-33-24/h3-14H,15-17H2,1-2H3,(H,27,32)(H,28,31). The third-order valence-corrected chi connectivity index (χ3v) is 6.42. The molecule has 4 aromatic rings. The number of carbonyl (C=O) groups is 2. The summed E-state index contributed by atoms with van der Waals surface area (Å²) in [4.78, 5) is 25.4. The Morgan fingerprint density at radius 2 is 1.58 bits per heavy atom. The van der Waals surface area contributed by atoms with E-state index in [1.54, 1.807) is 18.2 Å². The van der Waals surface area contributed by atoms with Gasteiger partial charge in [0.15, 0.2) is 0 Å². The first-order valence-corrected chi connectivity index (χ1v) is 11.6. The number of hydrogen-bond acceptors (Lipinski definition) is 4. The Morgan fingerprint density at radius 3 is 2.27 bits per heavy atom. The second kappa shape index (κ2) is 10.3. The van der Waals surface area contributed by atoms with Gasteiger partial charge in [-0.2, -0.15) is 5.10 Å². The number of amides is 2. The van der Waals surface area contributed by atoms with Crippen LogP contribution in [0.4, 0.5) is 0 Å². The van der Waals surface area contributed by atoms with Gasteiger partial charge in [0.25, 0.3) is 11.8 Å². The van der Waals surface area contributed by atoms with E-state index >= 15 is 0 Å². The fraction of sp³-hybridized carbons (Fsp3) is 0.192. The van der Waals surface area contributed by atoms with Crippen molar-refractivity contribution in [2.45, 2.75) is 33.5 Å². The predicted molar refractivity (Wildman–Crippen MR) is 130 cm³/mol. The minimum absolute atomic E-state index is 0.0923. The molecule has 0 aliphatic heterocycles. The second-order valence-corrected chi connectivity index (χ2v) is 8.78. The van der Waals surface area contributed by atoms with Crippen molar-refractivity contribution < 1.29 is 9.59 Å². The van der Waals surface area contributed by atoms with E-state index in [-0.39, 0.29) is 11.8 Å². The lowest BCUT2D eigenvalue weighted by Gasteiger charge is -2.08. The highest BCUT2D eigenvalue weighted by Crippen LogP contribution is 2.15. The molecule has 168 valence electrons. The zero-order valence-electron chi connectivity index (χ0n) is 18.7. The van der Waals surface area contributed by atoms with Crippen molar-refractivity contribution in [3.05, 3.63) is 111 Å². The van der Waals surface area contributed by atoms with Gasteiger partial charge in [-0.05, 0) is 48.6 Å². The van der Waals surface area contributed by atoms with Crippen LogP contribution in [0.1, 0.15) is 48.1 Å². The molecule has 0 radical (unpaired) electrons. The number of nitrogens with zero attached hydrogens (tertiary/aromatic N) is 2. The van der Waals surface area contributed by atoms with E-state index in [0.29, 0.717) is 30.1 Å². The molecular formula is C26H26N4O2S. The highest BCUT2D eigenvalue weighted by Gasteiger charge is 2.14. The van der Waals surface area contributed by atoms with Gasteiger partial charge < -0.3 is 10.6 Å². The summed E-state index contributed by atoms with van der Waals surface area (Å²) in [6.45, 7) is 5.53. The molecule has 0 atom stereocenters. The third-order valence-electron chi connectivity index (χ3n) is 5.55. The number of carbonyl (C=O) groups excluding carboxylic acids is 2. The number of hydrogen-bond donors (Lipinski definition) is 2. The van der Waals surface area contributed by atoms with Crippen LogP contribution in [-0.2, 0) is 19.6 Å². The van der Waals surface area contributed by atoms with Gasteiger partial charge in [0.05, 0.1) is 17.1 Å². The fourth-order valence-electron chi connectivity index (χ4n) is 3.62. The van der Waals surface area contributed by atoms with Gasteiger partial charge in [-0.25, -0.2) is 0 Å². The SMILES string of the molecule is Cc1nn(Cc2ccccc2)c(C)c1CNC(=O)c1ccc(CNC(=O)c2cccs2)cc1. The molecule has 0 unspecified atom stereocenters. The molecule has 7 heteroatoms. The van der Waals surface area contributed by atoms with Crippen LogP contribution in [0.25, 0.3) is 0 Å². The van der Waals surface area contributed by atoms with Crippen LogP contribution in [0.2, 0.25) is 0 Å². The molecule has 2 amide bonds. The summed E-state index contributed by atoms with van der Waals surface area (Å²) in [5.41, 5.74) is 5.70. The molecule has 0 saturated heterocycles. The predicted octanol–water partition coefficient (Wildman–Crippen LogP) is 4.47. The molecule has 2 aromatic carbocycles. The van der Waals surface area contributed by atoms with E-state index in [1.165, 1.54) is 16.9 Å². The lowest BCUT2D eigenvalue weighted by atomic mass is 10.1. The van der Waals surface area contributed by atoms with Crippen LogP contribution >= 0.6 is 11.3 Å². The van der Waals surface area contributed by atoms with Crippen LogP contribution in [0.15, 0.2) is 72.1 Å². The zero-order chi connectivity index (χ0) is 23.2. The van der Waals surface area contributed by atoms with E-state index < -0.39 is 0 Å². The van der Waals surface area contributed by atoms with E-state index in [0.717, 1.165) is 22.5 Å². The number of nitrogens with one attached hydrogen (secondary N) is 2. The lowest BCUT2D eigenvalue weighted by Crippen LogP contribution is -2.24. The lowest BCUT2D eigenvalue weighted by molar-refractivity contribution is 0.0943. The monoisotopic (exact) mass is 458 g/mol. The number of thiophene rings is 1. The zero-order valence-corrected chi connectivity index (χ0v) is 19.5. The molecule has 6 nitrogen and oxygen atoms in total. The molecule has 0 fully saturated rings. The van der Waals surface area contributed by atoms with Gasteiger partial charge in [-0.3, -0.25) is 14.3 Å². The molecule has 0 spiro atoms. The maximum Gasteiger partial charge on any atom is 0.261 e. The molecule has 4 rings (SSSR count). The molecule has 0 aliphatic rings. The Balaban J connectivity index is 1.33. The van der Waals surface area contributed by atoms with Crippen molar-refractivity contribution in [2.75, 3.05) is 0 Å². The maximum absolute atomic E-state index is 12.7. The summed E-state index contributed by atoms with van der Waals surface area (Å²) in [7, 11) is 0. The Labute approximate surface area is 197 Å². The van der Waals surface area contributed by atoms with Crippen molar-refractivity contribution in [1.29, 1.82) is 0 Å². The van der Waals surface area contributed by atoms with Crippen molar-refractivity contribution in [1.82, 2.24) is 20.4 Å². The normalized spacial score (nSPS) is 10.7. The summed E-state index contributed by atoms with van der Waals surface area (Å²) >= 11 is 1.41. The van der Waals surface area contributed by atoms with E-state index in [2.05, 4.69) is 27.9 Å². The highest BCUT2D eigenvalue weighted by atomic mass is 32.1. The first-order valence-electron chi connectivity index (χ1n) is 10.8. The van der Waals surface area contributed by atoms with Gasteiger partial charge in [0.1, 0.15) is 0 Å². The Hall–Kier alpha value is -3.71. The first kappa shape index (κ1) is 22.5. The average Bonchev–Trinajstić information content (AvgIpc) is 3.46. The van der Waals surface area contributed by atoms with Crippen LogP contribution in [-0.4, -0.2) is 21.6 Å². The van der Waals surface area contributed by atoms with Crippen LogP contribution in [0, 0.1) is 13.8 Å². The average molecular weight is 459 g/mol. The summed E-state index contributed by atoms with van der Waals surface area (Å²) in [6.07, 6.45) is 0. The smallest absolute Gasteiger partial charge is 0.261 e. The number of benzene rings is 2. The highest BCUT2D eigenvalue weighted by molar-refractivity contribution is 7.12. The number of rotatable bonds is 8. The Morgan fingerprint density at radius 1 is 0.848 bits per heavy atom. The minimum atomic E-state index is -0.140. The van der Waals surface area contributed by atoms with Crippen molar-refractivity contribution in [2.24, 2.45) is 0 Å². The van der Waals surface area contributed by atoms with Gasteiger partial charge in [-0.15, -0.1) is 11.3 Å². The molecular weight excluding hydrogens is 432 g/mol. The Bertz CT molecular complexity index is 1230. The third kappa shape index (κ3) is 5.56. The van der Waals surface area contributed by atoms with Crippen LogP contribution in [0.5, 0.6) is 0 Å². The van der Waals surface area contributed by atoms with E-state index in [1.807, 2.05) is 60.3 Å². The summed E-state index contributed by atoms with van der Waals surface area (Å²) in [6, 6.07) is 21.1. The Kier molecular flexibility index (Phi) is 7.00. The van der Waals surface area contributed by atoms with Crippen LogP contribution in [0.3, 0.4) is 0 Å². The largest absolute Gasteiger partial charge is 0.348 e. The maximum atomic E-state index is 12.7. The number of aryl methyl sites for hydroxylation is 1. The van der Waals surface area contributed by atoms with Crippen molar-refractivity contribution in [3.8, 4) is 0 Å². The fourth-order valence-corrected chi connectivity index (χ4v) is 4.26. The van der Waals surface area contributed by atoms with E-state index in [4.69, 9.17) is 0 Å². The molecule has 0 bridgehead atoms. The molecule has 33 heavy (non-hydrogen) atoms. The summed E-state index contributed by atoms with van der Waals surface area (Å²) in [5.74, 6) is -0.232. The molecule has 0 saturated carbocycles. The van der Waals surface area contributed by atoms with Crippen molar-refractivity contribution >= 4 is 23.2 Å². The van der Waals surface area contributed by atoms with Gasteiger partial charge in [-0.1, -0.05) is 48.5 Å². The molecule has 0 aliphatic carbocycles. The minimum Gasteiger partial charge on any atom is -0.348 e. The molecule has 2 heterocycles. The van der Waals surface area contributed by atoms with Gasteiger partial charge in [0.2, 0.25) is 0 Å². The topological polar surface area (TPSA) is 76.0 Å². The second-order valence-electron chi connectivity index (χ2n) is 7.83. The number of aromatic nitrogens is 2. The first-order chi connectivity index (χ1) is 16.0. The van der Waals surface area contributed by atoms with E-state index in [9.17, 15) is 9.59 Å². The van der Waals surface area contributed by atoms with Crippen LogP contribution < -0.4 is 10.6 Å². The quantitative estimate of drug-likeness (QED) is 0.409. The molecule has 2 aromatic heterocycles. The van der Waals surface area contributed by atoms with Crippen molar-refractivity contribution in [3.63, 3.8) is 0 Å². The summed E-state index contributed by atoms with van der Waals surface area (Å²) in [5, 5.41) is 12.4.